The molecule has 0 aliphatic carbocycles. The van der Waals surface area contributed by atoms with Gasteiger partial charge in [-0.1, -0.05) is 18.2 Å². The molecule has 1 aliphatic rings. The van der Waals surface area contributed by atoms with Crippen molar-refractivity contribution in [2.24, 2.45) is 0 Å². The molecule has 7 nitrogen and oxygen atoms in total. The number of aromatic nitrogens is 5. The highest BCUT2D eigenvalue weighted by atomic mass is 32.1. The minimum absolute atomic E-state index is 0.300. The molecule has 0 bridgehead atoms. The molecule has 160 valence electrons. The van der Waals surface area contributed by atoms with Crippen LogP contribution < -0.4 is 9.64 Å². The predicted octanol–water partition coefficient (Wildman–Crippen LogP) is 4.79. The molecule has 0 N–H and O–H groups in total. The number of rotatable bonds is 4. The summed E-state index contributed by atoms with van der Waals surface area (Å²) in [5.41, 5.74) is 3.20. The molecule has 0 saturated carbocycles. The Balaban J connectivity index is 1.39. The molecule has 8 heteroatoms. The van der Waals surface area contributed by atoms with E-state index in [9.17, 15) is 0 Å². The first-order chi connectivity index (χ1) is 15.8. The van der Waals surface area contributed by atoms with E-state index in [4.69, 9.17) is 9.72 Å². The zero-order chi connectivity index (χ0) is 21.5. The Hall–Kier alpha value is -3.52. The summed E-state index contributed by atoms with van der Waals surface area (Å²) in [6.07, 6.45) is 5.91. The van der Waals surface area contributed by atoms with Gasteiger partial charge in [0.2, 0.25) is 0 Å². The van der Waals surface area contributed by atoms with Gasteiger partial charge in [0.05, 0.1) is 12.5 Å². The molecular weight excluding hydrogens is 420 g/mol. The number of benzene rings is 1. The Kier molecular flexibility index (Phi) is 4.72. The Morgan fingerprint density at radius 1 is 1.06 bits per heavy atom. The van der Waals surface area contributed by atoms with Gasteiger partial charge in [-0.3, -0.25) is 4.40 Å². The van der Waals surface area contributed by atoms with Gasteiger partial charge in [0.15, 0.2) is 5.65 Å². The number of methoxy groups -OCH3 is 1. The molecule has 0 radical (unpaired) electrons. The van der Waals surface area contributed by atoms with Crippen LogP contribution in [-0.2, 0) is 0 Å². The number of anilines is 1. The first-order valence-electron chi connectivity index (χ1n) is 10.7. The van der Waals surface area contributed by atoms with Crippen LogP contribution in [0.5, 0.6) is 5.75 Å². The summed E-state index contributed by atoms with van der Waals surface area (Å²) >= 11 is 1.66. The maximum atomic E-state index is 5.33. The van der Waals surface area contributed by atoms with E-state index in [1.807, 2.05) is 36.5 Å². The third-order valence-corrected chi connectivity index (χ3v) is 7.06. The number of fused-ring (bicyclic) bond motifs is 2. The van der Waals surface area contributed by atoms with Crippen molar-refractivity contribution in [1.82, 2.24) is 24.6 Å². The van der Waals surface area contributed by atoms with Gasteiger partial charge in [-0.2, -0.15) is 0 Å². The van der Waals surface area contributed by atoms with Crippen molar-refractivity contribution in [3.8, 4) is 16.9 Å². The van der Waals surface area contributed by atoms with Crippen LogP contribution in [0.1, 0.15) is 24.6 Å². The lowest BCUT2D eigenvalue weighted by atomic mass is 9.96. The molecule has 6 rings (SSSR count). The number of nitrogens with zero attached hydrogens (tertiary/aromatic N) is 6. The van der Waals surface area contributed by atoms with Crippen molar-refractivity contribution in [3.63, 3.8) is 0 Å². The number of hydrogen-bond acceptors (Lipinski definition) is 7. The standard InChI is InChI=1S/C24H22N6OS/c1-31-18-9-7-16(8-10-18)19-14-32-24-21(19)23(25-15-26-24)29-11-4-5-17(13-29)22-28-27-20-6-2-3-12-30(20)22/h2-3,6-10,12,14-15,17H,4-5,11,13H2,1H3. The van der Waals surface area contributed by atoms with E-state index in [2.05, 4.69) is 42.0 Å². The number of thiophene rings is 1. The Morgan fingerprint density at radius 3 is 2.84 bits per heavy atom. The van der Waals surface area contributed by atoms with Crippen LogP contribution in [0.2, 0.25) is 0 Å². The third kappa shape index (κ3) is 3.18. The summed E-state index contributed by atoms with van der Waals surface area (Å²) in [5, 5.41) is 12.2. The second-order valence-corrected chi connectivity index (χ2v) is 8.89. The summed E-state index contributed by atoms with van der Waals surface area (Å²) < 4.78 is 7.44. The van der Waals surface area contributed by atoms with Crippen molar-refractivity contribution in [2.45, 2.75) is 18.8 Å². The van der Waals surface area contributed by atoms with Gasteiger partial charge in [0.1, 0.15) is 28.5 Å². The van der Waals surface area contributed by atoms with Crippen molar-refractivity contribution >= 4 is 33.0 Å². The summed E-state index contributed by atoms with van der Waals surface area (Å²) in [4.78, 5) is 12.7. The molecule has 1 unspecified atom stereocenters. The molecule has 1 saturated heterocycles. The van der Waals surface area contributed by atoms with E-state index in [0.29, 0.717) is 5.92 Å². The Labute approximate surface area is 189 Å². The zero-order valence-corrected chi connectivity index (χ0v) is 18.5. The lowest BCUT2D eigenvalue weighted by Crippen LogP contribution is -2.35. The average molecular weight is 443 g/mol. The fourth-order valence-electron chi connectivity index (χ4n) is 4.60. The number of ether oxygens (including phenoxy) is 1. The van der Waals surface area contributed by atoms with E-state index in [1.165, 1.54) is 5.56 Å². The average Bonchev–Trinajstić information content (AvgIpc) is 3.49. The number of piperidine rings is 1. The van der Waals surface area contributed by atoms with Crippen molar-refractivity contribution in [3.05, 3.63) is 66.2 Å². The summed E-state index contributed by atoms with van der Waals surface area (Å²) in [6, 6.07) is 14.2. The van der Waals surface area contributed by atoms with Crippen molar-refractivity contribution in [2.75, 3.05) is 25.1 Å². The monoisotopic (exact) mass is 442 g/mol. The van der Waals surface area contributed by atoms with Crippen molar-refractivity contribution < 1.29 is 4.74 Å². The van der Waals surface area contributed by atoms with E-state index < -0.39 is 0 Å². The van der Waals surface area contributed by atoms with Crippen molar-refractivity contribution in [1.29, 1.82) is 0 Å². The van der Waals surface area contributed by atoms with Gasteiger partial charge >= 0.3 is 0 Å². The van der Waals surface area contributed by atoms with Gasteiger partial charge < -0.3 is 9.64 Å². The molecule has 4 aromatic heterocycles. The van der Waals surface area contributed by atoms with Gasteiger partial charge in [-0.25, -0.2) is 9.97 Å². The van der Waals surface area contributed by atoms with Gasteiger partial charge in [0.25, 0.3) is 0 Å². The van der Waals surface area contributed by atoms with E-state index in [-0.39, 0.29) is 0 Å². The van der Waals surface area contributed by atoms with E-state index in [1.54, 1.807) is 24.8 Å². The minimum Gasteiger partial charge on any atom is -0.497 e. The van der Waals surface area contributed by atoms with Crippen LogP contribution in [0, 0.1) is 0 Å². The highest BCUT2D eigenvalue weighted by Gasteiger charge is 2.28. The molecule has 5 heterocycles. The maximum absolute atomic E-state index is 5.33. The molecule has 1 aromatic carbocycles. The van der Waals surface area contributed by atoms with Crippen LogP contribution in [-0.4, -0.2) is 44.8 Å². The smallest absolute Gasteiger partial charge is 0.160 e. The lowest BCUT2D eigenvalue weighted by Gasteiger charge is -2.33. The minimum atomic E-state index is 0.300. The molecule has 0 spiro atoms. The molecule has 1 aliphatic heterocycles. The fourth-order valence-corrected chi connectivity index (χ4v) is 5.51. The molecule has 1 fully saturated rings. The molecule has 0 amide bonds. The highest BCUT2D eigenvalue weighted by molar-refractivity contribution is 7.17. The fraction of sp³-hybridized carbons (Fsp3) is 0.250. The topological polar surface area (TPSA) is 68.4 Å². The first kappa shape index (κ1) is 19.2. The Morgan fingerprint density at radius 2 is 1.97 bits per heavy atom. The summed E-state index contributed by atoms with van der Waals surface area (Å²) in [5.74, 6) is 3.18. The molecular formula is C24H22N6OS. The van der Waals surface area contributed by atoms with Gasteiger partial charge in [0, 0.05) is 36.1 Å². The maximum Gasteiger partial charge on any atom is 0.160 e. The Bertz CT molecular complexity index is 1390. The molecule has 5 aromatic rings. The van der Waals surface area contributed by atoms with Crippen LogP contribution in [0.4, 0.5) is 5.82 Å². The SMILES string of the molecule is COc1ccc(-c2csc3ncnc(N4CCCC(c5nnc6ccccn56)C4)c23)cc1. The largest absolute Gasteiger partial charge is 0.497 e. The highest BCUT2D eigenvalue weighted by Crippen LogP contribution is 2.40. The summed E-state index contributed by atoms with van der Waals surface area (Å²) in [6.45, 7) is 1.83. The van der Waals surface area contributed by atoms with E-state index >= 15 is 0 Å². The lowest BCUT2D eigenvalue weighted by molar-refractivity contribution is 0.415. The van der Waals surface area contributed by atoms with Crippen LogP contribution in [0.3, 0.4) is 0 Å². The third-order valence-electron chi connectivity index (χ3n) is 6.18. The van der Waals surface area contributed by atoms with Gasteiger partial charge in [-0.15, -0.1) is 21.5 Å². The summed E-state index contributed by atoms with van der Waals surface area (Å²) in [7, 11) is 1.69. The second-order valence-electron chi connectivity index (χ2n) is 8.03. The van der Waals surface area contributed by atoms with Crippen LogP contribution >= 0.6 is 11.3 Å². The zero-order valence-electron chi connectivity index (χ0n) is 17.7. The predicted molar refractivity (Wildman–Crippen MR) is 127 cm³/mol. The molecule has 1 atom stereocenters. The number of hydrogen-bond donors (Lipinski definition) is 0. The molecule has 32 heavy (non-hydrogen) atoms. The van der Waals surface area contributed by atoms with E-state index in [0.717, 1.165) is 64.8 Å². The second kappa shape index (κ2) is 7.87. The quantitative estimate of drug-likeness (QED) is 0.398. The normalized spacial score (nSPS) is 16.7. The number of pyridine rings is 1. The van der Waals surface area contributed by atoms with Gasteiger partial charge in [-0.05, 0) is 42.7 Å². The van der Waals surface area contributed by atoms with Crippen LogP contribution in [0.15, 0.2) is 60.4 Å². The van der Waals surface area contributed by atoms with Crippen LogP contribution in [0.25, 0.3) is 27.0 Å². The first-order valence-corrected chi connectivity index (χ1v) is 11.6.